The maximum atomic E-state index is 11.9. The lowest BCUT2D eigenvalue weighted by Crippen LogP contribution is -2.52. The number of carbonyl (C=O) groups excluding carboxylic acids is 2. The van der Waals surface area contributed by atoms with Gasteiger partial charge in [0.2, 0.25) is 0 Å². The minimum absolute atomic E-state index is 0.194. The van der Waals surface area contributed by atoms with Crippen LogP contribution in [0.25, 0.3) is 0 Å². The van der Waals surface area contributed by atoms with E-state index in [-0.39, 0.29) is 6.61 Å². The van der Waals surface area contributed by atoms with Gasteiger partial charge < -0.3 is 10.1 Å². The third-order valence-corrected chi connectivity index (χ3v) is 2.98. The molecule has 0 aromatic carbocycles. The van der Waals surface area contributed by atoms with Crippen molar-refractivity contribution >= 4 is 23.6 Å². The SMILES string of the molecule is CCOC(=O)C(CCSC)NC(=O)C(C)(C)O[N+](=O)[O-]. The largest absolute Gasteiger partial charge is 0.464 e. The summed E-state index contributed by atoms with van der Waals surface area (Å²) in [6.45, 7) is 4.36. The molecule has 0 saturated carbocycles. The molecule has 1 amide bonds. The lowest BCUT2D eigenvalue weighted by atomic mass is 10.1. The zero-order valence-electron chi connectivity index (χ0n) is 12.0. The number of hydrogen-bond acceptors (Lipinski definition) is 7. The first kappa shape index (κ1) is 18.5. The summed E-state index contributed by atoms with van der Waals surface area (Å²) >= 11 is 1.51. The van der Waals surface area contributed by atoms with E-state index in [1.54, 1.807) is 6.92 Å². The van der Waals surface area contributed by atoms with Gasteiger partial charge >= 0.3 is 5.97 Å². The van der Waals surface area contributed by atoms with Gasteiger partial charge in [-0.15, -0.1) is 10.1 Å². The van der Waals surface area contributed by atoms with E-state index in [2.05, 4.69) is 10.2 Å². The predicted molar refractivity (Wildman–Crippen MR) is 73.7 cm³/mol. The first-order valence-corrected chi connectivity index (χ1v) is 7.44. The number of rotatable bonds is 9. The van der Waals surface area contributed by atoms with Crippen molar-refractivity contribution in [2.45, 2.75) is 38.8 Å². The maximum Gasteiger partial charge on any atom is 0.328 e. The Morgan fingerprint density at radius 1 is 1.45 bits per heavy atom. The molecular formula is C11H20N2O6S. The average Bonchev–Trinajstić information content (AvgIpc) is 2.32. The number of hydrogen-bond donors (Lipinski definition) is 1. The second kappa shape index (κ2) is 8.62. The fourth-order valence-corrected chi connectivity index (χ4v) is 1.76. The van der Waals surface area contributed by atoms with Gasteiger partial charge in [0.1, 0.15) is 6.04 Å². The maximum absolute atomic E-state index is 11.9. The van der Waals surface area contributed by atoms with E-state index >= 15 is 0 Å². The zero-order chi connectivity index (χ0) is 15.8. The number of carbonyl (C=O) groups is 2. The van der Waals surface area contributed by atoms with Gasteiger partial charge in [-0.2, -0.15) is 11.8 Å². The second-order valence-corrected chi connectivity index (χ2v) is 5.37. The molecule has 116 valence electrons. The normalized spacial score (nSPS) is 12.4. The Balaban J connectivity index is 4.74. The molecule has 0 aromatic rings. The molecule has 9 heteroatoms. The van der Waals surface area contributed by atoms with Gasteiger partial charge in [0.25, 0.3) is 11.0 Å². The topological polar surface area (TPSA) is 108 Å². The molecule has 0 aliphatic rings. The number of amides is 1. The smallest absolute Gasteiger partial charge is 0.328 e. The van der Waals surface area contributed by atoms with E-state index in [0.717, 1.165) is 0 Å². The summed E-state index contributed by atoms with van der Waals surface area (Å²) in [5.41, 5.74) is -1.67. The van der Waals surface area contributed by atoms with Crippen LogP contribution in [0.2, 0.25) is 0 Å². The monoisotopic (exact) mass is 308 g/mol. The van der Waals surface area contributed by atoms with E-state index in [9.17, 15) is 19.7 Å². The summed E-state index contributed by atoms with van der Waals surface area (Å²) in [5, 5.41) is 11.7. The van der Waals surface area contributed by atoms with E-state index in [0.29, 0.717) is 12.2 Å². The van der Waals surface area contributed by atoms with Crippen LogP contribution in [-0.2, 0) is 19.2 Å². The van der Waals surface area contributed by atoms with Crippen molar-refractivity contribution in [3.05, 3.63) is 10.1 Å². The molecule has 1 unspecified atom stereocenters. The highest BCUT2D eigenvalue weighted by Gasteiger charge is 2.35. The Morgan fingerprint density at radius 2 is 2.05 bits per heavy atom. The third kappa shape index (κ3) is 6.60. The Labute approximate surface area is 121 Å². The van der Waals surface area contributed by atoms with E-state index in [4.69, 9.17) is 4.74 Å². The van der Waals surface area contributed by atoms with Gasteiger partial charge in [-0.3, -0.25) is 9.63 Å². The first-order chi connectivity index (χ1) is 9.24. The van der Waals surface area contributed by atoms with Gasteiger partial charge in [-0.25, -0.2) is 4.79 Å². The van der Waals surface area contributed by atoms with Crippen molar-refractivity contribution in [3.8, 4) is 0 Å². The van der Waals surface area contributed by atoms with Gasteiger partial charge in [-0.05, 0) is 39.2 Å². The van der Waals surface area contributed by atoms with Gasteiger partial charge in [0.15, 0.2) is 5.60 Å². The summed E-state index contributed by atoms with van der Waals surface area (Å²) < 4.78 is 4.86. The molecule has 1 atom stereocenters. The van der Waals surface area contributed by atoms with E-state index in [1.807, 2.05) is 6.26 Å². The molecule has 0 bridgehead atoms. The number of esters is 1. The standard InChI is InChI=1S/C11H20N2O6S/c1-5-18-9(14)8(6-7-20-4)12-10(15)11(2,3)19-13(16)17/h8H,5-7H2,1-4H3,(H,12,15). The molecule has 0 aliphatic heterocycles. The number of nitrogens with one attached hydrogen (secondary N) is 1. The minimum atomic E-state index is -1.67. The summed E-state index contributed by atoms with van der Waals surface area (Å²) in [6.07, 6.45) is 2.24. The van der Waals surface area contributed by atoms with Crippen LogP contribution in [0.15, 0.2) is 0 Å². The molecule has 0 radical (unpaired) electrons. The summed E-state index contributed by atoms with van der Waals surface area (Å²) in [7, 11) is 0. The number of nitrogens with zero attached hydrogens (tertiary/aromatic N) is 1. The van der Waals surface area contributed by atoms with E-state index in [1.165, 1.54) is 25.6 Å². The van der Waals surface area contributed by atoms with Crippen molar-refractivity contribution in [2.24, 2.45) is 0 Å². The van der Waals surface area contributed by atoms with Gasteiger partial charge in [0.05, 0.1) is 6.61 Å². The van der Waals surface area contributed by atoms with Crippen LogP contribution < -0.4 is 5.32 Å². The van der Waals surface area contributed by atoms with Gasteiger partial charge in [0, 0.05) is 0 Å². The molecule has 20 heavy (non-hydrogen) atoms. The van der Waals surface area contributed by atoms with Crippen molar-refractivity contribution < 1.29 is 24.3 Å². The lowest BCUT2D eigenvalue weighted by Gasteiger charge is -2.24. The highest BCUT2D eigenvalue weighted by Crippen LogP contribution is 2.11. The van der Waals surface area contributed by atoms with E-state index < -0.39 is 28.6 Å². The Hall–Kier alpha value is -1.51. The summed E-state index contributed by atoms with van der Waals surface area (Å²) in [4.78, 5) is 38.3. The molecule has 0 fully saturated rings. The zero-order valence-corrected chi connectivity index (χ0v) is 12.8. The minimum Gasteiger partial charge on any atom is -0.464 e. The molecule has 0 spiro atoms. The fourth-order valence-electron chi connectivity index (χ4n) is 1.29. The molecule has 0 aliphatic carbocycles. The number of thioether (sulfide) groups is 1. The van der Waals surface area contributed by atoms with Crippen molar-refractivity contribution in [1.29, 1.82) is 0 Å². The fraction of sp³-hybridized carbons (Fsp3) is 0.818. The summed E-state index contributed by atoms with van der Waals surface area (Å²) in [5.74, 6) is -0.666. The highest BCUT2D eigenvalue weighted by atomic mass is 32.2. The Bertz CT molecular complexity index is 361. The molecule has 0 saturated heterocycles. The lowest BCUT2D eigenvalue weighted by molar-refractivity contribution is -0.774. The van der Waals surface area contributed by atoms with Crippen LogP contribution in [0.4, 0.5) is 0 Å². The summed E-state index contributed by atoms with van der Waals surface area (Å²) in [6, 6.07) is -0.843. The molecular weight excluding hydrogens is 288 g/mol. The van der Waals surface area contributed by atoms with Crippen LogP contribution in [0.5, 0.6) is 0 Å². The molecule has 0 rings (SSSR count). The third-order valence-electron chi connectivity index (χ3n) is 2.34. The molecule has 1 N–H and O–H groups in total. The second-order valence-electron chi connectivity index (χ2n) is 4.38. The van der Waals surface area contributed by atoms with Crippen LogP contribution in [-0.4, -0.2) is 47.2 Å². The van der Waals surface area contributed by atoms with Crippen LogP contribution in [0.1, 0.15) is 27.2 Å². The van der Waals surface area contributed by atoms with Crippen LogP contribution in [0.3, 0.4) is 0 Å². The van der Waals surface area contributed by atoms with Gasteiger partial charge in [-0.1, -0.05) is 0 Å². The number of ether oxygens (including phenoxy) is 1. The predicted octanol–water partition coefficient (Wildman–Crippen LogP) is 0.774. The van der Waals surface area contributed by atoms with Crippen molar-refractivity contribution in [3.63, 3.8) is 0 Å². The van der Waals surface area contributed by atoms with Crippen LogP contribution >= 0.6 is 11.8 Å². The quantitative estimate of drug-likeness (QED) is 0.381. The molecule has 0 aromatic heterocycles. The molecule has 8 nitrogen and oxygen atoms in total. The van der Waals surface area contributed by atoms with Crippen molar-refractivity contribution in [1.82, 2.24) is 5.32 Å². The van der Waals surface area contributed by atoms with Crippen LogP contribution in [0, 0.1) is 10.1 Å². The average molecular weight is 308 g/mol. The first-order valence-electron chi connectivity index (χ1n) is 6.04. The Morgan fingerprint density at radius 3 is 2.50 bits per heavy atom. The van der Waals surface area contributed by atoms with Crippen molar-refractivity contribution in [2.75, 3.05) is 18.6 Å². The Kier molecular flexibility index (Phi) is 7.97. The highest BCUT2D eigenvalue weighted by molar-refractivity contribution is 7.98. The molecule has 0 heterocycles.